The van der Waals surface area contributed by atoms with Gasteiger partial charge in [-0.05, 0) is 49.4 Å². The van der Waals surface area contributed by atoms with Gasteiger partial charge in [0.05, 0.1) is 15.2 Å². The van der Waals surface area contributed by atoms with Gasteiger partial charge in [0.2, 0.25) is 0 Å². The third-order valence-corrected chi connectivity index (χ3v) is 4.50. The van der Waals surface area contributed by atoms with Crippen molar-refractivity contribution in [2.45, 2.75) is 6.92 Å². The Bertz CT molecular complexity index is 999. The van der Waals surface area contributed by atoms with Crippen LogP contribution in [0.4, 0.5) is 5.69 Å². The molecule has 4 rings (SSSR count). The van der Waals surface area contributed by atoms with Gasteiger partial charge in [0.15, 0.2) is 0 Å². The third-order valence-electron chi connectivity index (χ3n) is 3.57. The molecule has 0 bridgehead atoms. The monoisotopic (exact) mass is 307 g/mol. The molecular weight excluding hydrogens is 294 g/mol. The van der Waals surface area contributed by atoms with Gasteiger partial charge in [0.25, 0.3) is 5.91 Å². The minimum Gasteiger partial charge on any atom is -0.361 e. The average Bonchev–Trinajstić information content (AvgIpc) is 3.10. The van der Waals surface area contributed by atoms with Crippen LogP contribution in [0.2, 0.25) is 0 Å². The summed E-state index contributed by atoms with van der Waals surface area (Å²) in [6, 6.07) is 13.4. The second-order valence-electron chi connectivity index (χ2n) is 5.15. The molecule has 0 saturated carbocycles. The predicted octanol–water partition coefficient (Wildman–Crippen LogP) is 4.34. The Labute approximate surface area is 130 Å². The van der Waals surface area contributed by atoms with Crippen molar-refractivity contribution in [3.8, 4) is 0 Å². The Balaban J connectivity index is 1.64. The first-order valence-corrected chi connectivity index (χ1v) is 7.76. The maximum atomic E-state index is 12.4. The number of carbonyl (C=O) groups excluding carboxylic acids is 1. The molecular formula is C17H13N3OS. The van der Waals surface area contributed by atoms with Gasteiger partial charge in [0.1, 0.15) is 0 Å². The van der Waals surface area contributed by atoms with Gasteiger partial charge in [-0.25, -0.2) is 4.98 Å². The van der Waals surface area contributed by atoms with Crippen LogP contribution in [-0.4, -0.2) is 15.9 Å². The topological polar surface area (TPSA) is 57.8 Å². The molecule has 0 spiro atoms. The number of aromatic amines is 1. The Morgan fingerprint density at radius 1 is 1.18 bits per heavy atom. The van der Waals surface area contributed by atoms with E-state index in [-0.39, 0.29) is 5.91 Å². The molecule has 2 N–H and O–H groups in total. The van der Waals surface area contributed by atoms with Crippen LogP contribution in [0.15, 0.2) is 48.7 Å². The van der Waals surface area contributed by atoms with Crippen molar-refractivity contribution in [1.29, 1.82) is 0 Å². The number of H-pyrrole nitrogens is 1. The van der Waals surface area contributed by atoms with Gasteiger partial charge in [-0.2, -0.15) is 0 Å². The first-order chi connectivity index (χ1) is 10.7. The smallest absolute Gasteiger partial charge is 0.255 e. The fourth-order valence-electron chi connectivity index (χ4n) is 2.52. The van der Waals surface area contributed by atoms with E-state index in [1.165, 1.54) is 0 Å². The fraction of sp³-hybridized carbons (Fsp3) is 0.0588. The number of hydrogen-bond acceptors (Lipinski definition) is 3. The predicted molar refractivity (Wildman–Crippen MR) is 90.6 cm³/mol. The van der Waals surface area contributed by atoms with Crippen LogP contribution >= 0.6 is 11.3 Å². The lowest BCUT2D eigenvalue weighted by Gasteiger charge is -2.05. The van der Waals surface area contributed by atoms with Crippen LogP contribution in [0.25, 0.3) is 21.1 Å². The van der Waals surface area contributed by atoms with E-state index < -0.39 is 0 Å². The Kier molecular flexibility index (Phi) is 2.94. The number of hydrogen-bond donors (Lipinski definition) is 2. The molecule has 0 aliphatic heterocycles. The zero-order valence-corrected chi connectivity index (χ0v) is 12.7. The average molecular weight is 307 g/mol. The molecule has 0 aliphatic rings. The van der Waals surface area contributed by atoms with Crippen LogP contribution in [-0.2, 0) is 0 Å². The molecule has 22 heavy (non-hydrogen) atoms. The standard InChI is InChI=1S/C17H13N3OS/c1-10-19-15-5-3-13(9-16(15)22-10)20-17(21)12-2-4-14-11(8-12)6-7-18-14/h2-9,18H,1H3,(H,20,21). The quantitative estimate of drug-likeness (QED) is 0.579. The summed E-state index contributed by atoms with van der Waals surface area (Å²) in [6.45, 7) is 1.98. The highest BCUT2D eigenvalue weighted by molar-refractivity contribution is 7.18. The summed E-state index contributed by atoms with van der Waals surface area (Å²) in [5, 5.41) is 5.00. The van der Waals surface area contributed by atoms with Crippen molar-refractivity contribution >= 4 is 44.1 Å². The summed E-state index contributed by atoms with van der Waals surface area (Å²) in [5.74, 6) is -0.108. The van der Waals surface area contributed by atoms with Crippen LogP contribution < -0.4 is 5.32 Å². The molecule has 2 aromatic carbocycles. The van der Waals surface area contributed by atoms with Crippen LogP contribution in [0.5, 0.6) is 0 Å². The Hall–Kier alpha value is -2.66. The van der Waals surface area contributed by atoms with E-state index in [0.29, 0.717) is 5.56 Å². The first kappa shape index (κ1) is 13.0. The number of thiazole rings is 1. The second-order valence-corrected chi connectivity index (χ2v) is 6.38. The lowest BCUT2D eigenvalue weighted by atomic mass is 10.1. The number of nitrogens with zero attached hydrogens (tertiary/aromatic N) is 1. The van der Waals surface area contributed by atoms with Crippen molar-refractivity contribution in [3.63, 3.8) is 0 Å². The number of benzene rings is 2. The minimum atomic E-state index is -0.108. The van der Waals surface area contributed by atoms with E-state index >= 15 is 0 Å². The normalized spacial score (nSPS) is 11.1. The summed E-state index contributed by atoms with van der Waals surface area (Å²) in [7, 11) is 0. The van der Waals surface area contributed by atoms with E-state index in [9.17, 15) is 4.79 Å². The maximum Gasteiger partial charge on any atom is 0.255 e. The Morgan fingerprint density at radius 2 is 2.09 bits per heavy atom. The van der Waals surface area contributed by atoms with Gasteiger partial charge in [-0.3, -0.25) is 4.79 Å². The van der Waals surface area contributed by atoms with Crippen molar-refractivity contribution in [2.75, 3.05) is 5.32 Å². The van der Waals surface area contributed by atoms with Crippen molar-refractivity contribution < 1.29 is 4.79 Å². The zero-order valence-electron chi connectivity index (χ0n) is 11.9. The van der Waals surface area contributed by atoms with E-state index in [2.05, 4.69) is 15.3 Å². The molecule has 0 unspecified atom stereocenters. The largest absolute Gasteiger partial charge is 0.361 e. The summed E-state index contributed by atoms with van der Waals surface area (Å²) in [6.07, 6.45) is 1.87. The van der Waals surface area contributed by atoms with Crippen molar-refractivity contribution in [3.05, 3.63) is 59.2 Å². The molecule has 4 aromatic rings. The molecule has 2 aromatic heterocycles. The van der Waals surface area contributed by atoms with E-state index in [4.69, 9.17) is 0 Å². The van der Waals surface area contributed by atoms with Crippen molar-refractivity contribution in [1.82, 2.24) is 9.97 Å². The highest BCUT2D eigenvalue weighted by Crippen LogP contribution is 2.25. The van der Waals surface area contributed by atoms with Gasteiger partial charge < -0.3 is 10.3 Å². The SMILES string of the molecule is Cc1nc2ccc(NC(=O)c3ccc4[nH]ccc4c3)cc2s1. The number of carbonyl (C=O) groups is 1. The highest BCUT2D eigenvalue weighted by Gasteiger charge is 2.08. The third kappa shape index (κ3) is 2.25. The van der Waals surface area contributed by atoms with E-state index in [0.717, 1.165) is 31.8 Å². The van der Waals surface area contributed by atoms with Crippen LogP contribution in [0.3, 0.4) is 0 Å². The lowest BCUT2D eigenvalue weighted by molar-refractivity contribution is 0.102. The zero-order chi connectivity index (χ0) is 15.1. The molecule has 0 saturated heterocycles. The molecule has 1 amide bonds. The van der Waals surface area contributed by atoms with E-state index in [1.807, 2.05) is 55.6 Å². The fourth-order valence-corrected chi connectivity index (χ4v) is 3.38. The summed E-state index contributed by atoms with van der Waals surface area (Å²) in [5.41, 5.74) is 3.43. The number of aryl methyl sites for hydroxylation is 1. The number of aromatic nitrogens is 2. The van der Waals surface area contributed by atoms with E-state index in [1.54, 1.807) is 11.3 Å². The van der Waals surface area contributed by atoms with Crippen molar-refractivity contribution in [2.24, 2.45) is 0 Å². The highest BCUT2D eigenvalue weighted by atomic mass is 32.1. The molecule has 108 valence electrons. The number of anilines is 1. The molecule has 2 heterocycles. The van der Waals surface area contributed by atoms with Gasteiger partial charge in [0, 0.05) is 28.4 Å². The first-order valence-electron chi connectivity index (χ1n) is 6.95. The molecule has 0 radical (unpaired) electrons. The number of rotatable bonds is 2. The maximum absolute atomic E-state index is 12.4. The van der Waals surface area contributed by atoms with Gasteiger partial charge in [-0.1, -0.05) is 0 Å². The molecule has 4 nitrogen and oxygen atoms in total. The molecule has 0 aliphatic carbocycles. The number of fused-ring (bicyclic) bond motifs is 2. The minimum absolute atomic E-state index is 0.108. The number of nitrogens with one attached hydrogen (secondary N) is 2. The summed E-state index contributed by atoms with van der Waals surface area (Å²) >= 11 is 1.63. The summed E-state index contributed by atoms with van der Waals surface area (Å²) in [4.78, 5) is 19.9. The lowest BCUT2D eigenvalue weighted by Crippen LogP contribution is -2.11. The second kappa shape index (κ2) is 4.96. The summed E-state index contributed by atoms with van der Waals surface area (Å²) < 4.78 is 1.08. The molecule has 0 atom stereocenters. The van der Waals surface area contributed by atoms with Crippen LogP contribution in [0.1, 0.15) is 15.4 Å². The van der Waals surface area contributed by atoms with Gasteiger partial charge in [-0.15, -0.1) is 11.3 Å². The van der Waals surface area contributed by atoms with Crippen LogP contribution in [0, 0.1) is 6.92 Å². The molecule has 5 heteroatoms. The number of amides is 1. The van der Waals surface area contributed by atoms with Gasteiger partial charge >= 0.3 is 0 Å². The molecule has 0 fully saturated rings. The Morgan fingerprint density at radius 3 is 3.00 bits per heavy atom.